The largest absolute Gasteiger partial charge is 0.495 e. The molecular formula is C12H17NO. The average Bonchev–Trinajstić information content (AvgIpc) is 2.20. The fourth-order valence-corrected chi connectivity index (χ4v) is 1.15. The highest BCUT2D eigenvalue weighted by molar-refractivity contribution is 5.50. The van der Waals surface area contributed by atoms with Gasteiger partial charge in [0.25, 0.3) is 0 Å². The van der Waals surface area contributed by atoms with Gasteiger partial charge in [0.15, 0.2) is 5.88 Å². The van der Waals surface area contributed by atoms with Crippen LogP contribution in [0, 0.1) is 0 Å². The summed E-state index contributed by atoms with van der Waals surface area (Å²) in [6, 6.07) is 9.77. The predicted molar refractivity (Wildman–Crippen MR) is 60.0 cm³/mol. The quantitative estimate of drug-likeness (QED) is 0.554. The van der Waals surface area contributed by atoms with Crippen molar-refractivity contribution < 1.29 is 5.11 Å². The minimum atomic E-state index is 0.240. The summed E-state index contributed by atoms with van der Waals surface area (Å²) in [6.45, 7) is 2.95. The Morgan fingerprint density at radius 1 is 1.36 bits per heavy atom. The first-order chi connectivity index (χ1) is 6.83. The topological polar surface area (TPSA) is 32.3 Å². The van der Waals surface area contributed by atoms with E-state index in [0.29, 0.717) is 0 Å². The highest BCUT2D eigenvalue weighted by Gasteiger charge is 1.91. The van der Waals surface area contributed by atoms with Crippen LogP contribution < -0.4 is 5.32 Å². The van der Waals surface area contributed by atoms with E-state index in [4.69, 9.17) is 0 Å². The van der Waals surface area contributed by atoms with E-state index in [1.165, 1.54) is 0 Å². The first-order valence-corrected chi connectivity index (χ1v) is 5.02. The molecule has 76 valence electrons. The third kappa shape index (κ3) is 3.99. The summed E-state index contributed by atoms with van der Waals surface area (Å²) in [5, 5.41) is 12.4. The molecule has 0 fully saturated rings. The lowest BCUT2D eigenvalue weighted by atomic mass is 10.2. The summed E-state index contributed by atoms with van der Waals surface area (Å²) in [5.74, 6) is 0.240. The van der Waals surface area contributed by atoms with Crippen LogP contribution in [0.3, 0.4) is 0 Å². The molecule has 2 N–H and O–H groups in total. The van der Waals surface area contributed by atoms with Crippen molar-refractivity contribution in [3.8, 4) is 0 Å². The minimum absolute atomic E-state index is 0.240. The van der Waals surface area contributed by atoms with Gasteiger partial charge in [-0.25, -0.2) is 0 Å². The van der Waals surface area contributed by atoms with E-state index in [0.717, 1.165) is 24.9 Å². The fraction of sp³-hybridized carbons (Fsp3) is 0.333. The zero-order valence-corrected chi connectivity index (χ0v) is 8.53. The molecule has 0 spiro atoms. The standard InChI is InChI=1S/C12H17NO/c1-2-3-9-13-12(14)10-11-7-5-4-6-8-11/h4-8,10,13-14H,2-3,9H2,1H3/b12-10-. The Bertz CT molecular complexity index is 280. The molecule has 2 nitrogen and oxygen atoms in total. The van der Waals surface area contributed by atoms with Crippen molar-refractivity contribution in [3.63, 3.8) is 0 Å². The summed E-state index contributed by atoms with van der Waals surface area (Å²) in [7, 11) is 0. The van der Waals surface area contributed by atoms with Gasteiger partial charge >= 0.3 is 0 Å². The summed E-state index contributed by atoms with van der Waals surface area (Å²) in [5.41, 5.74) is 1.01. The van der Waals surface area contributed by atoms with Crippen molar-refractivity contribution in [2.45, 2.75) is 19.8 Å². The van der Waals surface area contributed by atoms with Crippen molar-refractivity contribution >= 4 is 6.08 Å². The lowest BCUT2D eigenvalue weighted by Gasteiger charge is -2.03. The molecule has 1 aromatic carbocycles. The molecule has 0 unspecified atom stereocenters. The second-order valence-corrected chi connectivity index (χ2v) is 3.22. The van der Waals surface area contributed by atoms with Crippen LogP contribution in [0.1, 0.15) is 25.3 Å². The Morgan fingerprint density at radius 2 is 2.07 bits per heavy atom. The number of hydrogen-bond acceptors (Lipinski definition) is 2. The Morgan fingerprint density at radius 3 is 2.71 bits per heavy atom. The molecule has 0 aliphatic carbocycles. The molecule has 2 heteroatoms. The van der Waals surface area contributed by atoms with Crippen LogP contribution in [0.25, 0.3) is 6.08 Å². The molecule has 0 bridgehead atoms. The molecule has 0 saturated carbocycles. The van der Waals surface area contributed by atoms with Gasteiger partial charge in [0.2, 0.25) is 0 Å². The van der Waals surface area contributed by atoms with Crippen molar-refractivity contribution in [2.75, 3.05) is 6.54 Å². The van der Waals surface area contributed by atoms with Crippen molar-refractivity contribution in [3.05, 3.63) is 41.8 Å². The van der Waals surface area contributed by atoms with Crippen LogP contribution in [0.5, 0.6) is 0 Å². The van der Waals surface area contributed by atoms with E-state index in [2.05, 4.69) is 12.2 Å². The zero-order chi connectivity index (χ0) is 10.2. The maximum Gasteiger partial charge on any atom is 0.184 e. The molecule has 0 amide bonds. The Hall–Kier alpha value is -1.44. The summed E-state index contributed by atoms with van der Waals surface area (Å²) >= 11 is 0. The van der Waals surface area contributed by atoms with E-state index in [9.17, 15) is 5.11 Å². The first kappa shape index (κ1) is 10.6. The number of hydrogen-bond donors (Lipinski definition) is 2. The number of aliphatic hydroxyl groups is 1. The van der Waals surface area contributed by atoms with E-state index in [1.807, 2.05) is 30.3 Å². The predicted octanol–water partition coefficient (Wildman–Crippen LogP) is 2.93. The van der Waals surface area contributed by atoms with E-state index in [-0.39, 0.29) is 5.88 Å². The summed E-state index contributed by atoms with van der Waals surface area (Å²) in [6.07, 6.45) is 3.94. The van der Waals surface area contributed by atoms with Gasteiger partial charge in [-0.1, -0.05) is 43.7 Å². The number of rotatable bonds is 5. The molecule has 0 saturated heterocycles. The van der Waals surface area contributed by atoms with Crippen molar-refractivity contribution in [2.24, 2.45) is 0 Å². The maximum atomic E-state index is 9.48. The molecule has 0 atom stereocenters. The van der Waals surface area contributed by atoms with Crippen LogP contribution in [0.2, 0.25) is 0 Å². The highest BCUT2D eigenvalue weighted by Crippen LogP contribution is 2.02. The van der Waals surface area contributed by atoms with Crippen molar-refractivity contribution in [1.29, 1.82) is 0 Å². The maximum absolute atomic E-state index is 9.48. The van der Waals surface area contributed by atoms with Gasteiger partial charge in [-0.3, -0.25) is 0 Å². The Kier molecular flexibility index (Phi) is 4.62. The second-order valence-electron chi connectivity index (χ2n) is 3.22. The normalized spacial score (nSPS) is 11.4. The number of nitrogens with one attached hydrogen (secondary N) is 1. The Labute approximate surface area is 85.3 Å². The number of aliphatic hydroxyl groups excluding tert-OH is 1. The number of unbranched alkanes of at least 4 members (excludes halogenated alkanes) is 1. The average molecular weight is 191 g/mol. The van der Waals surface area contributed by atoms with Gasteiger partial charge in [-0.05, 0) is 12.0 Å². The van der Waals surface area contributed by atoms with Gasteiger partial charge in [0.05, 0.1) is 0 Å². The summed E-state index contributed by atoms with van der Waals surface area (Å²) < 4.78 is 0. The second kappa shape index (κ2) is 6.08. The third-order valence-corrected chi connectivity index (χ3v) is 1.94. The van der Waals surface area contributed by atoms with E-state index in [1.54, 1.807) is 6.08 Å². The van der Waals surface area contributed by atoms with Crippen LogP contribution >= 0.6 is 0 Å². The first-order valence-electron chi connectivity index (χ1n) is 5.02. The monoisotopic (exact) mass is 191 g/mol. The third-order valence-electron chi connectivity index (χ3n) is 1.94. The molecular weight excluding hydrogens is 174 g/mol. The molecule has 0 aliphatic rings. The van der Waals surface area contributed by atoms with Crippen LogP contribution in [0.4, 0.5) is 0 Å². The molecule has 0 aliphatic heterocycles. The molecule has 0 aromatic heterocycles. The SMILES string of the molecule is CCCCN/C(O)=C/c1ccccc1. The fourth-order valence-electron chi connectivity index (χ4n) is 1.15. The molecule has 14 heavy (non-hydrogen) atoms. The van der Waals surface area contributed by atoms with Crippen LogP contribution in [-0.2, 0) is 0 Å². The van der Waals surface area contributed by atoms with Gasteiger partial charge in [0.1, 0.15) is 0 Å². The molecule has 0 heterocycles. The van der Waals surface area contributed by atoms with Gasteiger partial charge in [0, 0.05) is 12.6 Å². The molecule has 1 aromatic rings. The smallest absolute Gasteiger partial charge is 0.184 e. The molecule has 0 radical (unpaired) electrons. The molecule has 1 rings (SSSR count). The van der Waals surface area contributed by atoms with Crippen LogP contribution in [0.15, 0.2) is 36.2 Å². The zero-order valence-electron chi connectivity index (χ0n) is 8.53. The van der Waals surface area contributed by atoms with Crippen LogP contribution in [-0.4, -0.2) is 11.7 Å². The summed E-state index contributed by atoms with van der Waals surface area (Å²) in [4.78, 5) is 0. The minimum Gasteiger partial charge on any atom is -0.495 e. The van der Waals surface area contributed by atoms with E-state index < -0.39 is 0 Å². The van der Waals surface area contributed by atoms with Gasteiger partial charge in [-0.2, -0.15) is 0 Å². The van der Waals surface area contributed by atoms with Gasteiger partial charge in [-0.15, -0.1) is 0 Å². The van der Waals surface area contributed by atoms with Gasteiger partial charge < -0.3 is 10.4 Å². The lowest BCUT2D eigenvalue weighted by Crippen LogP contribution is -2.13. The van der Waals surface area contributed by atoms with Crippen molar-refractivity contribution in [1.82, 2.24) is 5.32 Å². The Balaban J connectivity index is 2.43. The van der Waals surface area contributed by atoms with E-state index >= 15 is 0 Å². The lowest BCUT2D eigenvalue weighted by molar-refractivity contribution is 0.368. The highest BCUT2D eigenvalue weighted by atomic mass is 16.3. The number of benzene rings is 1.